The summed E-state index contributed by atoms with van der Waals surface area (Å²) in [6.45, 7) is 4.05. The van der Waals surface area contributed by atoms with E-state index in [4.69, 9.17) is 0 Å². The predicted octanol–water partition coefficient (Wildman–Crippen LogP) is 1.16. The summed E-state index contributed by atoms with van der Waals surface area (Å²) < 4.78 is -0.623. The predicted molar refractivity (Wildman–Crippen MR) is 119 cm³/mol. The van der Waals surface area contributed by atoms with Crippen LogP contribution in [0.25, 0.3) is 0 Å². The summed E-state index contributed by atoms with van der Waals surface area (Å²) >= 11 is 1.64. The van der Waals surface area contributed by atoms with Crippen LogP contribution in [0.5, 0.6) is 0 Å². The van der Waals surface area contributed by atoms with Crippen molar-refractivity contribution < 1.29 is 19.5 Å². The first-order valence-corrected chi connectivity index (χ1v) is 11.9. The highest BCUT2D eigenvalue weighted by molar-refractivity contribution is 8.02. The normalized spacial score (nSPS) is 32.3. The average Bonchev–Trinajstić information content (AvgIpc) is 3.40. The summed E-state index contributed by atoms with van der Waals surface area (Å²) in [4.78, 5) is 41.6. The zero-order chi connectivity index (χ0) is 22.3. The van der Waals surface area contributed by atoms with Crippen LogP contribution in [0.3, 0.4) is 0 Å². The maximum atomic E-state index is 13.7. The van der Waals surface area contributed by atoms with Gasteiger partial charge < -0.3 is 20.6 Å². The number of nitrogens with one attached hydrogen (secondary N) is 2. The lowest BCUT2D eigenvalue weighted by Gasteiger charge is -2.38. The van der Waals surface area contributed by atoms with Gasteiger partial charge in [0.1, 0.15) is 6.04 Å². The van der Waals surface area contributed by atoms with Crippen molar-refractivity contribution in [1.29, 1.82) is 0 Å². The van der Waals surface area contributed by atoms with Crippen molar-refractivity contribution in [2.75, 3.05) is 13.7 Å². The topological polar surface area (TPSA) is 98.7 Å². The van der Waals surface area contributed by atoms with Crippen molar-refractivity contribution in [3.8, 4) is 0 Å². The SMILES string of the molecule is CNC(=O)[C@@H]1[C@H]2C(=O)N([C@@H](CO)C(C)C)C(C(=O)NCc3ccccc3)C23CC[C@H]1S3. The van der Waals surface area contributed by atoms with Crippen LogP contribution in [0, 0.1) is 17.8 Å². The molecule has 4 rings (SSSR count). The Labute approximate surface area is 187 Å². The van der Waals surface area contributed by atoms with Crippen LogP contribution in [-0.4, -0.2) is 63.5 Å². The number of hydrogen-bond acceptors (Lipinski definition) is 5. The first-order valence-electron chi connectivity index (χ1n) is 11.0. The van der Waals surface area contributed by atoms with Crippen LogP contribution >= 0.6 is 11.8 Å². The smallest absolute Gasteiger partial charge is 0.244 e. The minimum absolute atomic E-state index is 0.0192. The Kier molecular flexibility index (Phi) is 6.05. The number of aliphatic hydroxyl groups is 1. The van der Waals surface area contributed by atoms with Gasteiger partial charge in [-0.3, -0.25) is 14.4 Å². The van der Waals surface area contributed by atoms with Crippen molar-refractivity contribution in [2.45, 2.75) is 55.3 Å². The third-order valence-electron chi connectivity index (χ3n) is 7.16. The van der Waals surface area contributed by atoms with Crippen LogP contribution in [-0.2, 0) is 20.9 Å². The largest absolute Gasteiger partial charge is 0.394 e. The Morgan fingerprint density at radius 3 is 2.58 bits per heavy atom. The molecule has 0 aromatic heterocycles. The Morgan fingerprint density at radius 1 is 1.26 bits per heavy atom. The first kappa shape index (κ1) is 22.1. The van der Waals surface area contributed by atoms with Crippen molar-refractivity contribution in [3.05, 3.63) is 35.9 Å². The molecule has 1 aromatic carbocycles. The van der Waals surface area contributed by atoms with Gasteiger partial charge in [0.25, 0.3) is 0 Å². The minimum atomic E-state index is -0.696. The molecule has 3 saturated heterocycles. The molecule has 3 N–H and O–H groups in total. The van der Waals surface area contributed by atoms with Crippen molar-refractivity contribution in [1.82, 2.24) is 15.5 Å². The quantitative estimate of drug-likeness (QED) is 0.585. The maximum absolute atomic E-state index is 13.7. The van der Waals surface area contributed by atoms with E-state index in [1.807, 2.05) is 44.2 Å². The lowest BCUT2D eigenvalue weighted by Crippen LogP contribution is -2.57. The van der Waals surface area contributed by atoms with E-state index in [1.54, 1.807) is 23.7 Å². The molecule has 2 unspecified atom stereocenters. The lowest BCUT2D eigenvalue weighted by atomic mass is 9.71. The Morgan fingerprint density at radius 2 is 1.97 bits per heavy atom. The van der Waals surface area contributed by atoms with E-state index in [2.05, 4.69) is 10.6 Å². The molecule has 3 heterocycles. The zero-order valence-corrected chi connectivity index (χ0v) is 19.0. The molecule has 3 aliphatic heterocycles. The number of rotatable bonds is 7. The van der Waals surface area contributed by atoms with Gasteiger partial charge in [-0.25, -0.2) is 0 Å². The van der Waals surface area contributed by atoms with Crippen LogP contribution in [0.2, 0.25) is 0 Å². The highest BCUT2D eigenvalue weighted by Crippen LogP contribution is 2.66. The monoisotopic (exact) mass is 445 g/mol. The molecule has 0 aliphatic carbocycles. The summed E-state index contributed by atoms with van der Waals surface area (Å²) in [5.41, 5.74) is 0.981. The van der Waals surface area contributed by atoms with Gasteiger partial charge in [-0.05, 0) is 24.3 Å². The molecule has 2 bridgehead atoms. The van der Waals surface area contributed by atoms with E-state index >= 15 is 0 Å². The number of hydrogen-bond donors (Lipinski definition) is 3. The molecule has 3 aliphatic rings. The summed E-state index contributed by atoms with van der Waals surface area (Å²) in [5.74, 6) is -1.49. The van der Waals surface area contributed by atoms with Gasteiger partial charge in [-0.15, -0.1) is 11.8 Å². The molecule has 0 saturated carbocycles. The summed E-state index contributed by atoms with van der Waals surface area (Å²) in [5, 5.41) is 15.9. The van der Waals surface area contributed by atoms with Gasteiger partial charge in [-0.2, -0.15) is 0 Å². The molecule has 31 heavy (non-hydrogen) atoms. The fourth-order valence-corrected chi connectivity index (χ4v) is 7.92. The second kappa shape index (κ2) is 8.47. The number of carbonyl (C=O) groups excluding carboxylic acids is 3. The van der Waals surface area contributed by atoms with Crippen LogP contribution in [0.15, 0.2) is 30.3 Å². The van der Waals surface area contributed by atoms with Crippen molar-refractivity contribution in [2.24, 2.45) is 17.8 Å². The van der Waals surface area contributed by atoms with Gasteiger partial charge in [0.05, 0.1) is 29.2 Å². The molecular weight excluding hydrogens is 414 g/mol. The molecule has 1 spiro atoms. The molecule has 0 radical (unpaired) electrons. The summed E-state index contributed by atoms with van der Waals surface area (Å²) in [6.07, 6.45) is 1.54. The number of aliphatic hydroxyl groups excluding tert-OH is 1. The minimum Gasteiger partial charge on any atom is -0.394 e. The van der Waals surface area contributed by atoms with E-state index in [0.717, 1.165) is 18.4 Å². The summed E-state index contributed by atoms with van der Waals surface area (Å²) in [6, 6.07) is 8.49. The number of fused-ring (bicyclic) bond motifs is 1. The molecule has 1 aromatic rings. The maximum Gasteiger partial charge on any atom is 0.244 e. The van der Waals surface area contributed by atoms with Crippen molar-refractivity contribution >= 4 is 29.5 Å². The fourth-order valence-electron chi connectivity index (χ4n) is 5.72. The highest BCUT2D eigenvalue weighted by Gasteiger charge is 2.74. The van der Waals surface area contributed by atoms with Crippen LogP contribution in [0.1, 0.15) is 32.3 Å². The molecular formula is C23H31N3O4S. The second-order valence-electron chi connectivity index (χ2n) is 9.11. The molecule has 8 heteroatoms. The van der Waals surface area contributed by atoms with Gasteiger partial charge in [0.2, 0.25) is 17.7 Å². The first-order chi connectivity index (χ1) is 14.9. The standard InChI is InChI=1S/C23H31N3O4S/c1-13(2)15(12-27)26-19(21(29)25-11-14-7-5-4-6-8-14)23-10-9-16(31-23)17(20(28)24-3)18(23)22(26)30/h4-8,13,15-19,27H,9-12H2,1-3H3,(H,24,28)(H,25,29)/t15-,16+,17-,18-,19?,23?/m0/s1. The Hall–Kier alpha value is -2.06. The van der Waals surface area contributed by atoms with E-state index < -0.39 is 28.7 Å². The number of carbonyl (C=O) groups is 3. The number of nitrogens with zero attached hydrogens (tertiary/aromatic N) is 1. The zero-order valence-electron chi connectivity index (χ0n) is 18.2. The van der Waals surface area contributed by atoms with Gasteiger partial charge >= 0.3 is 0 Å². The molecule has 3 amide bonds. The van der Waals surface area contributed by atoms with Crippen LogP contribution < -0.4 is 10.6 Å². The van der Waals surface area contributed by atoms with E-state index in [1.165, 1.54) is 0 Å². The van der Waals surface area contributed by atoms with E-state index in [9.17, 15) is 19.5 Å². The van der Waals surface area contributed by atoms with E-state index in [0.29, 0.717) is 6.54 Å². The third kappa shape index (κ3) is 3.44. The Balaban J connectivity index is 1.70. The average molecular weight is 446 g/mol. The number of amides is 3. The van der Waals surface area contributed by atoms with Gasteiger partial charge in [0.15, 0.2) is 0 Å². The molecule has 7 nitrogen and oxygen atoms in total. The Bertz CT molecular complexity index is 864. The lowest BCUT2D eigenvalue weighted by molar-refractivity contribution is -0.143. The number of benzene rings is 1. The highest BCUT2D eigenvalue weighted by atomic mass is 32.2. The van der Waals surface area contributed by atoms with Gasteiger partial charge in [0, 0.05) is 18.8 Å². The summed E-state index contributed by atoms with van der Waals surface area (Å²) in [7, 11) is 1.59. The number of thioether (sulfide) groups is 1. The van der Waals surface area contributed by atoms with Gasteiger partial charge in [-0.1, -0.05) is 44.2 Å². The fraction of sp³-hybridized carbons (Fsp3) is 0.609. The molecule has 6 atom stereocenters. The van der Waals surface area contributed by atoms with Crippen molar-refractivity contribution in [3.63, 3.8) is 0 Å². The number of likely N-dealkylation sites (tertiary alicyclic amines) is 1. The van der Waals surface area contributed by atoms with E-state index in [-0.39, 0.29) is 35.5 Å². The molecule has 3 fully saturated rings. The molecule has 168 valence electrons. The van der Waals surface area contributed by atoms with Crippen LogP contribution in [0.4, 0.5) is 0 Å². The second-order valence-corrected chi connectivity index (χ2v) is 10.7. The third-order valence-corrected chi connectivity index (χ3v) is 9.11.